The van der Waals surface area contributed by atoms with Crippen LogP contribution in [0.15, 0.2) is 53.3 Å². The van der Waals surface area contributed by atoms with Gasteiger partial charge >= 0.3 is 0 Å². The maximum atomic E-state index is 12.6. The van der Waals surface area contributed by atoms with Gasteiger partial charge in [-0.05, 0) is 49.1 Å². The van der Waals surface area contributed by atoms with E-state index in [1.807, 2.05) is 61.2 Å². The second kappa shape index (κ2) is 8.79. The number of hydrogen-bond donors (Lipinski definition) is 2. The summed E-state index contributed by atoms with van der Waals surface area (Å²) in [5.74, 6) is 0.449. The van der Waals surface area contributed by atoms with E-state index in [2.05, 4.69) is 36.1 Å². The first-order chi connectivity index (χ1) is 14.1. The fourth-order valence-corrected chi connectivity index (χ4v) is 3.26. The fourth-order valence-electron chi connectivity index (χ4n) is 3.26. The number of hydrogen-bond acceptors (Lipinski definition) is 4. The number of rotatable bonds is 6. The average Bonchev–Trinajstić information content (AvgIpc) is 2.67. The van der Waals surface area contributed by atoms with Gasteiger partial charge in [-0.1, -0.05) is 45.0 Å². The molecule has 6 nitrogen and oxygen atoms in total. The van der Waals surface area contributed by atoms with Crippen LogP contribution >= 0.6 is 0 Å². The Bertz CT molecular complexity index is 1080. The standard InChI is InChI=1S/C24H30N4O2/c1-16(2)28(14-21-26-20-9-7-6-8-19(20)23(30)27-21)15-22(29)25-18-12-10-17(11-13-18)24(3,4)5/h6-13,16H,14-15H2,1-5H3,(H,25,29)(H,26,27,30). The van der Waals surface area contributed by atoms with Gasteiger partial charge in [0, 0.05) is 11.7 Å². The molecule has 1 aromatic heterocycles. The summed E-state index contributed by atoms with van der Waals surface area (Å²) in [5, 5.41) is 3.52. The summed E-state index contributed by atoms with van der Waals surface area (Å²) < 4.78 is 0. The summed E-state index contributed by atoms with van der Waals surface area (Å²) in [5.41, 5.74) is 2.55. The number of aromatic nitrogens is 2. The highest BCUT2D eigenvalue weighted by Crippen LogP contribution is 2.23. The average molecular weight is 407 g/mol. The molecule has 30 heavy (non-hydrogen) atoms. The van der Waals surface area contributed by atoms with Gasteiger partial charge in [0.25, 0.3) is 5.56 Å². The Balaban J connectivity index is 1.70. The molecule has 3 aromatic rings. The number of para-hydroxylation sites is 1. The van der Waals surface area contributed by atoms with Gasteiger partial charge in [-0.2, -0.15) is 0 Å². The lowest BCUT2D eigenvalue weighted by molar-refractivity contribution is -0.117. The van der Waals surface area contributed by atoms with Crippen LogP contribution in [0.3, 0.4) is 0 Å². The number of carbonyl (C=O) groups excluding carboxylic acids is 1. The maximum Gasteiger partial charge on any atom is 0.258 e. The minimum Gasteiger partial charge on any atom is -0.325 e. The van der Waals surface area contributed by atoms with Crippen molar-refractivity contribution in [2.45, 2.75) is 52.6 Å². The smallest absolute Gasteiger partial charge is 0.258 e. The van der Waals surface area contributed by atoms with Gasteiger partial charge < -0.3 is 10.3 Å². The molecule has 0 spiro atoms. The number of anilines is 1. The van der Waals surface area contributed by atoms with E-state index < -0.39 is 0 Å². The molecule has 0 unspecified atom stereocenters. The van der Waals surface area contributed by atoms with Crippen LogP contribution in [0.25, 0.3) is 10.9 Å². The van der Waals surface area contributed by atoms with Gasteiger partial charge in [0.1, 0.15) is 5.82 Å². The highest BCUT2D eigenvalue weighted by molar-refractivity contribution is 5.92. The van der Waals surface area contributed by atoms with Gasteiger partial charge in [-0.15, -0.1) is 0 Å². The van der Waals surface area contributed by atoms with Crippen molar-refractivity contribution in [2.24, 2.45) is 0 Å². The number of benzene rings is 2. The molecule has 0 aliphatic rings. The van der Waals surface area contributed by atoms with E-state index in [4.69, 9.17) is 0 Å². The van der Waals surface area contributed by atoms with Gasteiger partial charge in [-0.25, -0.2) is 4.98 Å². The highest BCUT2D eigenvalue weighted by atomic mass is 16.2. The predicted molar refractivity (Wildman–Crippen MR) is 122 cm³/mol. The Labute approximate surface area is 177 Å². The topological polar surface area (TPSA) is 78.1 Å². The molecule has 0 radical (unpaired) electrons. The third-order valence-electron chi connectivity index (χ3n) is 5.13. The number of nitrogens with zero attached hydrogens (tertiary/aromatic N) is 2. The van der Waals surface area contributed by atoms with E-state index in [1.165, 1.54) is 5.56 Å². The Hall–Kier alpha value is -2.99. The molecule has 0 aliphatic heterocycles. The molecule has 0 saturated carbocycles. The molecule has 0 atom stereocenters. The summed E-state index contributed by atoms with van der Waals surface area (Å²) in [4.78, 5) is 34.3. The minimum atomic E-state index is -0.164. The van der Waals surface area contributed by atoms with Crippen LogP contribution < -0.4 is 10.9 Å². The lowest BCUT2D eigenvalue weighted by atomic mass is 9.87. The van der Waals surface area contributed by atoms with Gasteiger partial charge in [0.05, 0.1) is 24.0 Å². The van der Waals surface area contributed by atoms with E-state index in [-0.39, 0.29) is 29.5 Å². The Morgan fingerprint density at radius 2 is 1.77 bits per heavy atom. The van der Waals surface area contributed by atoms with E-state index in [0.717, 1.165) is 5.69 Å². The zero-order chi connectivity index (χ0) is 21.9. The molecular formula is C24H30N4O2. The Morgan fingerprint density at radius 3 is 2.40 bits per heavy atom. The summed E-state index contributed by atoms with van der Waals surface area (Å²) in [6, 6.07) is 15.3. The molecule has 2 aromatic carbocycles. The van der Waals surface area contributed by atoms with Crippen molar-refractivity contribution >= 4 is 22.5 Å². The number of carbonyl (C=O) groups is 1. The number of H-pyrrole nitrogens is 1. The summed E-state index contributed by atoms with van der Waals surface area (Å²) in [7, 11) is 0. The lowest BCUT2D eigenvalue weighted by Crippen LogP contribution is -2.38. The molecule has 1 heterocycles. The number of nitrogens with one attached hydrogen (secondary N) is 2. The zero-order valence-corrected chi connectivity index (χ0v) is 18.3. The van der Waals surface area contributed by atoms with E-state index >= 15 is 0 Å². The van der Waals surface area contributed by atoms with Crippen LogP contribution in [-0.4, -0.2) is 33.4 Å². The van der Waals surface area contributed by atoms with Crippen molar-refractivity contribution in [2.75, 3.05) is 11.9 Å². The molecule has 158 valence electrons. The second-order valence-corrected chi connectivity index (χ2v) is 8.90. The monoisotopic (exact) mass is 406 g/mol. The summed E-state index contributed by atoms with van der Waals surface area (Å²) in [6.07, 6.45) is 0. The quantitative estimate of drug-likeness (QED) is 0.647. The number of amides is 1. The van der Waals surface area contributed by atoms with Crippen LogP contribution in [0.4, 0.5) is 5.69 Å². The third-order valence-corrected chi connectivity index (χ3v) is 5.13. The fraction of sp³-hybridized carbons (Fsp3) is 0.375. The van der Waals surface area contributed by atoms with Gasteiger partial charge in [0.15, 0.2) is 0 Å². The molecule has 0 aliphatic carbocycles. The van der Waals surface area contributed by atoms with Crippen molar-refractivity contribution in [3.8, 4) is 0 Å². The van der Waals surface area contributed by atoms with Crippen molar-refractivity contribution in [3.05, 3.63) is 70.3 Å². The van der Waals surface area contributed by atoms with Crippen LogP contribution in [0.1, 0.15) is 46.0 Å². The van der Waals surface area contributed by atoms with E-state index in [9.17, 15) is 9.59 Å². The first-order valence-electron chi connectivity index (χ1n) is 10.3. The molecule has 1 amide bonds. The van der Waals surface area contributed by atoms with Crippen LogP contribution in [-0.2, 0) is 16.8 Å². The molecule has 3 rings (SSSR count). The number of fused-ring (bicyclic) bond motifs is 1. The van der Waals surface area contributed by atoms with Crippen molar-refractivity contribution < 1.29 is 4.79 Å². The summed E-state index contributed by atoms with van der Waals surface area (Å²) in [6.45, 7) is 11.1. The van der Waals surface area contributed by atoms with Crippen molar-refractivity contribution in [1.82, 2.24) is 14.9 Å². The van der Waals surface area contributed by atoms with Crippen molar-refractivity contribution in [1.29, 1.82) is 0 Å². The van der Waals surface area contributed by atoms with Gasteiger partial charge in [-0.3, -0.25) is 14.5 Å². The maximum absolute atomic E-state index is 12.6. The molecule has 0 fully saturated rings. The molecule has 0 bridgehead atoms. The number of aromatic amines is 1. The normalized spacial score (nSPS) is 12.0. The van der Waals surface area contributed by atoms with Crippen LogP contribution in [0.2, 0.25) is 0 Å². The molecule has 6 heteroatoms. The first kappa shape index (κ1) is 21.7. The summed E-state index contributed by atoms with van der Waals surface area (Å²) >= 11 is 0. The van der Waals surface area contributed by atoms with E-state index in [0.29, 0.717) is 23.3 Å². The third kappa shape index (κ3) is 5.33. The highest BCUT2D eigenvalue weighted by Gasteiger charge is 2.17. The second-order valence-electron chi connectivity index (χ2n) is 8.90. The Kier molecular flexibility index (Phi) is 6.37. The largest absolute Gasteiger partial charge is 0.325 e. The SMILES string of the molecule is CC(C)N(CC(=O)Nc1ccc(C(C)(C)C)cc1)Cc1nc2ccccc2c(=O)[nH]1. The lowest BCUT2D eigenvalue weighted by Gasteiger charge is -2.25. The molecule has 0 saturated heterocycles. The predicted octanol–water partition coefficient (Wildman–Crippen LogP) is 4.07. The Morgan fingerprint density at radius 1 is 1.10 bits per heavy atom. The molecule has 2 N–H and O–H groups in total. The van der Waals surface area contributed by atoms with Gasteiger partial charge in [0.2, 0.25) is 5.91 Å². The first-order valence-corrected chi connectivity index (χ1v) is 10.3. The zero-order valence-electron chi connectivity index (χ0n) is 18.3. The minimum absolute atomic E-state index is 0.0702. The van der Waals surface area contributed by atoms with Crippen LogP contribution in [0.5, 0.6) is 0 Å². The molecular weight excluding hydrogens is 376 g/mol. The van der Waals surface area contributed by atoms with Crippen LogP contribution in [0, 0.1) is 0 Å². The van der Waals surface area contributed by atoms with E-state index in [1.54, 1.807) is 6.07 Å². The van der Waals surface area contributed by atoms with Crippen molar-refractivity contribution in [3.63, 3.8) is 0 Å².